The van der Waals surface area contributed by atoms with Crippen LogP contribution >= 0.6 is 0 Å². The van der Waals surface area contributed by atoms with E-state index in [-0.39, 0.29) is 30.0 Å². The minimum absolute atomic E-state index is 0.183. The van der Waals surface area contributed by atoms with Crippen LogP contribution in [0.4, 0.5) is 17.6 Å². The normalized spacial score (nSPS) is 14.0. The standard InChI is InChI=1S/C23H21F4N3O2/c24-18-7-3-16(4-8-18)12-30(11-15-1-5-17(6-2-15)23(25,26)27)13-21-29-20(14-32-21)22(31)28-19-9-10-19/h1-8,14,19H,9-13H2,(H,28,31). The number of oxazole rings is 1. The van der Waals surface area contributed by atoms with Gasteiger partial charge in [-0.3, -0.25) is 9.69 Å². The van der Waals surface area contributed by atoms with Crippen LogP contribution in [0.1, 0.15) is 45.9 Å². The Hall–Kier alpha value is -3.20. The van der Waals surface area contributed by atoms with E-state index in [1.165, 1.54) is 30.5 Å². The van der Waals surface area contributed by atoms with Crippen molar-refractivity contribution in [3.63, 3.8) is 0 Å². The van der Waals surface area contributed by atoms with Gasteiger partial charge in [-0.1, -0.05) is 24.3 Å². The lowest BCUT2D eigenvalue weighted by Gasteiger charge is -2.21. The third-order valence-electron chi connectivity index (χ3n) is 5.06. The van der Waals surface area contributed by atoms with Crippen LogP contribution in [0.3, 0.4) is 0 Å². The van der Waals surface area contributed by atoms with E-state index in [9.17, 15) is 22.4 Å². The van der Waals surface area contributed by atoms with E-state index >= 15 is 0 Å². The fraction of sp³-hybridized carbons (Fsp3) is 0.304. The summed E-state index contributed by atoms with van der Waals surface area (Å²) >= 11 is 0. The largest absolute Gasteiger partial charge is 0.447 e. The lowest BCUT2D eigenvalue weighted by atomic mass is 10.1. The highest BCUT2D eigenvalue weighted by Gasteiger charge is 2.30. The zero-order valence-electron chi connectivity index (χ0n) is 17.0. The highest BCUT2D eigenvalue weighted by molar-refractivity contribution is 5.92. The molecule has 1 heterocycles. The van der Waals surface area contributed by atoms with Crippen molar-refractivity contribution in [2.45, 2.75) is 44.7 Å². The van der Waals surface area contributed by atoms with Gasteiger partial charge in [-0.2, -0.15) is 13.2 Å². The van der Waals surface area contributed by atoms with Crippen molar-refractivity contribution in [1.82, 2.24) is 15.2 Å². The Labute approximate surface area is 182 Å². The Kier molecular flexibility index (Phi) is 6.27. The van der Waals surface area contributed by atoms with Crippen LogP contribution in [-0.4, -0.2) is 21.8 Å². The smallest absolute Gasteiger partial charge is 0.416 e. The van der Waals surface area contributed by atoms with E-state index in [1.54, 1.807) is 12.1 Å². The number of aromatic nitrogens is 1. The van der Waals surface area contributed by atoms with Gasteiger partial charge in [0.1, 0.15) is 12.1 Å². The average Bonchev–Trinajstić information content (AvgIpc) is 3.43. The predicted molar refractivity (Wildman–Crippen MR) is 108 cm³/mol. The third kappa shape index (κ3) is 5.94. The van der Waals surface area contributed by atoms with Crippen molar-refractivity contribution in [3.05, 3.63) is 88.9 Å². The Balaban J connectivity index is 1.48. The van der Waals surface area contributed by atoms with Gasteiger partial charge in [0, 0.05) is 19.1 Å². The number of carbonyl (C=O) groups excluding carboxylic acids is 1. The van der Waals surface area contributed by atoms with Crippen molar-refractivity contribution >= 4 is 5.91 Å². The highest BCUT2D eigenvalue weighted by atomic mass is 19.4. The maximum Gasteiger partial charge on any atom is 0.416 e. The van der Waals surface area contributed by atoms with Crippen LogP contribution in [0.25, 0.3) is 0 Å². The number of benzene rings is 2. The molecule has 4 rings (SSSR count). The van der Waals surface area contributed by atoms with Gasteiger partial charge in [-0.15, -0.1) is 0 Å². The number of nitrogens with zero attached hydrogens (tertiary/aromatic N) is 2. The fourth-order valence-corrected chi connectivity index (χ4v) is 3.24. The van der Waals surface area contributed by atoms with E-state index in [2.05, 4.69) is 10.3 Å². The quantitative estimate of drug-likeness (QED) is 0.498. The van der Waals surface area contributed by atoms with Crippen molar-refractivity contribution in [3.8, 4) is 0 Å². The zero-order chi connectivity index (χ0) is 22.7. The van der Waals surface area contributed by atoms with E-state index in [4.69, 9.17) is 4.42 Å². The molecule has 0 radical (unpaired) electrons. The number of hydrogen-bond donors (Lipinski definition) is 1. The molecule has 0 spiro atoms. The average molecular weight is 447 g/mol. The summed E-state index contributed by atoms with van der Waals surface area (Å²) < 4.78 is 57.2. The Morgan fingerprint density at radius 3 is 2.16 bits per heavy atom. The van der Waals surface area contributed by atoms with Crippen LogP contribution < -0.4 is 5.32 Å². The van der Waals surface area contributed by atoms with Crippen molar-refractivity contribution in [2.75, 3.05) is 0 Å². The van der Waals surface area contributed by atoms with Gasteiger partial charge in [-0.25, -0.2) is 9.37 Å². The maximum atomic E-state index is 13.3. The van der Waals surface area contributed by atoms with E-state index in [0.29, 0.717) is 24.5 Å². The summed E-state index contributed by atoms with van der Waals surface area (Å²) in [5.74, 6) is -0.350. The second kappa shape index (κ2) is 9.12. The van der Waals surface area contributed by atoms with Gasteiger partial charge in [0.25, 0.3) is 5.91 Å². The monoisotopic (exact) mass is 447 g/mol. The SMILES string of the molecule is O=C(NC1CC1)c1coc(CN(Cc2ccc(F)cc2)Cc2ccc(C(F)(F)F)cc2)n1. The molecule has 1 aliphatic rings. The number of halogens is 4. The Morgan fingerprint density at radius 2 is 1.59 bits per heavy atom. The summed E-state index contributed by atoms with van der Waals surface area (Å²) in [4.78, 5) is 18.3. The van der Waals surface area contributed by atoms with Crippen LogP contribution in [0.2, 0.25) is 0 Å². The molecule has 1 aromatic heterocycles. The molecule has 0 atom stereocenters. The van der Waals surface area contributed by atoms with E-state index in [0.717, 1.165) is 30.5 Å². The molecule has 3 aromatic rings. The first-order valence-corrected chi connectivity index (χ1v) is 10.1. The molecular formula is C23H21F4N3O2. The van der Waals surface area contributed by atoms with E-state index in [1.807, 2.05) is 4.90 Å². The van der Waals surface area contributed by atoms with Gasteiger partial charge < -0.3 is 9.73 Å². The maximum absolute atomic E-state index is 13.3. The number of carbonyl (C=O) groups is 1. The van der Waals surface area contributed by atoms with Gasteiger partial charge in [0.05, 0.1) is 12.1 Å². The summed E-state index contributed by atoms with van der Waals surface area (Å²) in [5, 5.41) is 2.84. The van der Waals surface area contributed by atoms with Crippen molar-refractivity contribution in [2.24, 2.45) is 0 Å². The molecule has 9 heteroatoms. The molecule has 1 amide bonds. The van der Waals surface area contributed by atoms with Crippen LogP contribution in [0.5, 0.6) is 0 Å². The van der Waals surface area contributed by atoms with Gasteiger partial charge >= 0.3 is 6.18 Å². The second-order valence-corrected chi connectivity index (χ2v) is 7.84. The Morgan fingerprint density at radius 1 is 1.00 bits per heavy atom. The molecule has 1 N–H and O–H groups in total. The highest BCUT2D eigenvalue weighted by Crippen LogP contribution is 2.29. The van der Waals surface area contributed by atoms with Crippen molar-refractivity contribution < 1.29 is 26.8 Å². The number of amides is 1. The molecule has 5 nitrogen and oxygen atoms in total. The lowest BCUT2D eigenvalue weighted by Crippen LogP contribution is -2.26. The predicted octanol–water partition coefficient (Wildman–Crippen LogP) is 4.93. The summed E-state index contributed by atoms with van der Waals surface area (Å²) in [5.41, 5.74) is 0.948. The summed E-state index contributed by atoms with van der Waals surface area (Å²) in [7, 11) is 0. The van der Waals surface area contributed by atoms with Gasteiger partial charge in [0.2, 0.25) is 5.89 Å². The summed E-state index contributed by atoms with van der Waals surface area (Å²) in [6, 6.07) is 11.1. The molecule has 1 saturated carbocycles. The topological polar surface area (TPSA) is 58.4 Å². The van der Waals surface area contributed by atoms with Gasteiger partial charge in [0.15, 0.2) is 5.69 Å². The lowest BCUT2D eigenvalue weighted by molar-refractivity contribution is -0.137. The number of nitrogens with one attached hydrogen (secondary N) is 1. The minimum Gasteiger partial charge on any atom is -0.447 e. The molecule has 168 valence electrons. The van der Waals surface area contributed by atoms with Crippen LogP contribution in [0, 0.1) is 5.82 Å². The number of rotatable bonds is 8. The first kappa shape index (κ1) is 22.0. The third-order valence-corrected chi connectivity index (χ3v) is 5.06. The van der Waals surface area contributed by atoms with E-state index < -0.39 is 11.7 Å². The Bertz CT molecular complexity index is 1060. The molecule has 0 bridgehead atoms. The van der Waals surface area contributed by atoms with Crippen molar-refractivity contribution in [1.29, 1.82) is 0 Å². The molecule has 0 unspecified atom stereocenters. The number of alkyl halides is 3. The molecule has 32 heavy (non-hydrogen) atoms. The molecule has 0 aliphatic heterocycles. The van der Waals surface area contributed by atoms with Crippen LogP contribution in [0.15, 0.2) is 59.2 Å². The molecular weight excluding hydrogens is 426 g/mol. The first-order valence-electron chi connectivity index (χ1n) is 10.1. The molecule has 1 aliphatic carbocycles. The number of hydrogen-bond acceptors (Lipinski definition) is 4. The second-order valence-electron chi connectivity index (χ2n) is 7.84. The minimum atomic E-state index is -4.40. The molecule has 0 saturated heterocycles. The fourth-order valence-electron chi connectivity index (χ4n) is 3.24. The summed E-state index contributed by atoms with van der Waals surface area (Å²) in [6.45, 7) is 0.907. The zero-order valence-corrected chi connectivity index (χ0v) is 17.0. The first-order chi connectivity index (χ1) is 15.3. The summed E-state index contributed by atoms with van der Waals surface area (Å²) in [6.07, 6.45) is -1.20. The van der Waals surface area contributed by atoms with Crippen LogP contribution in [-0.2, 0) is 25.8 Å². The molecule has 1 fully saturated rings. The van der Waals surface area contributed by atoms with Gasteiger partial charge in [-0.05, 0) is 48.2 Å². The molecule has 2 aromatic carbocycles.